The first-order chi connectivity index (χ1) is 14.5. The minimum atomic E-state index is -3.59. The van der Waals surface area contributed by atoms with Crippen LogP contribution in [0.1, 0.15) is 28.1 Å². The zero-order valence-corrected chi connectivity index (χ0v) is 18.0. The average molecular weight is 453 g/mol. The monoisotopic (exact) mass is 452 g/mol. The molecule has 30 heavy (non-hydrogen) atoms. The second-order valence-electron chi connectivity index (χ2n) is 6.66. The number of ether oxygens (including phenoxy) is 2. The lowest BCUT2D eigenvalue weighted by Gasteiger charge is -2.26. The summed E-state index contributed by atoms with van der Waals surface area (Å²) >= 11 is 1.36. The Bertz CT molecular complexity index is 953. The van der Waals surface area contributed by atoms with E-state index in [-0.39, 0.29) is 23.8 Å². The molecule has 1 saturated heterocycles. The number of thiophene rings is 1. The lowest BCUT2D eigenvalue weighted by Crippen LogP contribution is -2.40. The molecule has 10 heteroatoms. The van der Waals surface area contributed by atoms with E-state index >= 15 is 0 Å². The van der Waals surface area contributed by atoms with Crippen LogP contribution < -0.4 is 5.32 Å². The van der Waals surface area contributed by atoms with Gasteiger partial charge in [-0.25, -0.2) is 8.42 Å². The van der Waals surface area contributed by atoms with E-state index in [9.17, 15) is 18.0 Å². The molecule has 1 fully saturated rings. The lowest BCUT2D eigenvalue weighted by molar-refractivity contribution is -0.145. The van der Waals surface area contributed by atoms with Crippen molar-refractivity contribution >= 4 is 33.2 Å². The molecule has 0 atom stereocenters. The van der Waals surface area contributed by atoms with Crippen LogP contribution in [0.25, 0.3) is 0 Å². The second-order valence-corrected chi connectivity index (χ2v) is 9.55. The van der Waals surface area contributed by atoms with Crippen molar-refractivity contribution in [3.8, 4) is 0 Å². The van der Waals surface area contributed by atoms with Crippen LogP contribution in [-0.4, -0.2) is 57.4 Å². The smallest absolute Gasteiger partial charge is 0.306 e. The molecule has 0 unspecified atom stereocenters. The van der Waals surface area contributed by atoms with E-state index in [0.717, 1.165) is 0 Å². The topological polar surface area (TPSA) is 102 Å². The van der Waals surface area contributed by atoms with Crippen molar-refractivity contribution in [2.75, 3.05) is 32.8 Å². The molecule has 1 aliphatic rings. The molecular weight excluding hydrogens is 428 g/mol. The van der Waals surface area contributed by atoms with Crippen molar-refractivity contribution < 1.29 is 27.5 Å². The average Bonchev–Trinajstić information content (AvgIpc) is 3.31. The van der Waals surface area contributed by atoms with Crippen LogP contribution in [0.3, 0.4) is 0 Å². The fraction of sp³-hybridized carbons (Fsp3) is 0.400. The highest BCUT2D eigenvalue weighted by atomic mass is 32.2. The van der Waals surface area contributed by atoms with Gasteiger partial charge in [-0.15, -0.1) is 11.3 Å². The summed E-state index contributed by atoms with van der Waals surface area (Å²) in [5.41, 5.74) is 0.601. The highest BCUT2D eigenvalue weighted by molar-refractivity contribution is 7.89. The van der Waals surface area contributed by atoms with E-state index in [2.05, 4.69) is 5.32 Å². The summed E-state index contributed by atoms with van der Waals surface area (Å²) in [5, 5.41) is 4.58. The molecule has 0 radical (unpaired) electrons. The van der Waals surface area contributed by atoms with Crippen LogP contribution in [0.4, 0.5) is 0 Å². The Labute approximate surface area is 179 Å². The number of nitrogens with one attached hydrogen (secondary N) is 1. The quantitative estimate of drug-likeness (QED) is 0.461. The van der Waals surface area contributed by atoms with Gasteiger partial charge >= 0.3 is 5.97 Å². The van der Waals surface area contributed by atoms with Gasteiger partial charge < -0.3 is 14.8 Å². The number of morpholine rings is 1. The molecule has 1 aromatic carbocycles. The van der Waals surface area contributed by atoms with Gasteiger partial charge in [-0.3, -0.25) is 9.59 Å². The Kier molecular flexibility index (Phi) is 7.97. The largest absolute Gasteiger partial charge is 0.461 e. The van der Waals surface area contributed by atoms with Crippen LogP contribution in [0.15, 0.2) is 46.7 Å². The fourth-order valence-electron chi connectivity index (χ4n) is 2.90. The molecule has 0 spiro atoms. The standard InChI is InChI=1S/C20H24N2O6S2/c23-19(7-2-8-21-20(24)18-6-3-13-29-18)28-15-16-4-1-5-17(14-16)30(25,26)22-9-11-27-12-10-22/h1,3-6,13-14H,2,7-12,15H2,(H,21,24). The molecule has 1 N–H and O–H groups in total. The number of nitrogens with zero attached hydrogens (tertiary/aromatic N) is 1. The van der Waals surface area contributed by atoms with Crippen LogP contribution in [0.2, 0.25) is 0 Å². The summed E-state index contributed by atoms with van der Waals surface area (Å²) in [6.45, 7) is 1.77. The third-order valence-corrected chi connectivity index (χ3v) is 7.26. The van der Waals surface area contributed by atoms with Gasteiger partial charge in [-0.1, -0.05) is 18.2 Å². The fourth-order valence-corrected chi connectivity index (χ4v) is 5.02. The number of esters is 1. The maximum absolute atomic E-state index is 12.7. The Morgan fingerprint density at radius 3 is 2.70 bits per heavy atom. The molecule has 1 aliphatic heterocycles. The number of carbonyl (C=O) groups is 2. The highest BCUT2D eigenvalue weighted by Crippen LogP contribution is 2.19. The van der Waals surface area contributed by atoms with Gasteiger partial charge in [0.1, 0.15) is 6.61 Å². The summed E-state index contributed by atoms with van der Waals surface area (Å²) in [7, 11) is -3.59. The first-order valence-corrected chi connectivity index (χ1v) is 11.9. The molecule has 0 aliphatic carbocycles. The van der Waals surface area contributed by atoms with Gasteiger partial charge in [0, 0.05) is 26.1 Å². The number of sulfonamides is 1. The van der Waals surface area contributed by atoms with Crippen LogP contribution in [-0.2, 0) is 30.9 Å². The number of rotatable bonds is 9. The van der Waals surface area contributed by atoms with E-state index in [1.54, 1.807) is 24.3 Å². The minimum Gasteiger partial charge on any atom is -0.461 e. The number of amides is 1. The summed E-state index contributed by atoms with van der Waals surface area (Å²) in [6.07, 6.45) is 0.623. The van der Waals surface area contributed by atoms with Crippen molar-refractivity contribution in [2.45, 2.75) is 24.3 Å². The van der Waals surface area contributed by atoms with Crippen molar-refractivity contribution in [1.82, 2.24) is 9.62 Å². The summed E-state index contributed by atoms with van der Waals surface area (Å²) in [6, 6.07) is 9.95. The third kappa shape index (κ3) is 6.11. The van der Waals surface area contributed by atoms with Crippen LogP contribution >= 0.6 is 11.3 Å². The molecule has 0 bridgehead atoms. The van der Waals surface area contributed by atoms with E-state index in [1.165, 1.54) is 27.8 Å². The van der Waals surface area contributed by atoms with Gasteiger partial charge in [0.05, 0.1) is 23.0 Å². The van der Waals surface area contributed by atoms with Crippen molar-refractivity contribution in [3.63, 3.8) is 0 Å². The Morgan fingerprint density at radius 1 is 1.17 bits per heavy atom. The Hall–Kier alpha value is -2.27. The molecule has 1 amide bonds. The van der Waals surface area contributed by atoms with E-state index in [0.29, 0.717) is 49.7 Å². The van der Waals surface area contributed by atoms with Crippen molar-refractivity contribution in [3.05, 3.63) is 52.2 Å². The Balaban J connectivity index is 1.43. The number of hydrogen-bond acceptors (Lipinski definition) is 7. The zero-order chi connectivity index (χ0) is 21.4. The van der Waals surface area contributed by atoms with Gasteiger partial charge in [-0.2, -0.15) is 4.31 Å². The van der Waals surface area contributed by atoms with E-state index < -0.39 is 16.0 Å². The zero-order valence-electron chi connectivity index (χ0n) is 16.4. The SMILES string of the molecule is O=C(CCCNC(=O)c1cccs1)OCc1cccc(S(=O)(=O)N2CCOCC2)c1. The van der Waals surface area contributed by atoms with Crippen molar-refractivity contribution in [1.29, 1.82) is 0 Å². The third-order valence-electron chi connectivity index (χ3n) is 4.49. The van der Waals surface area contributed by atoms with Gasteiger partial charge in [0.2, 0.25) is 10.0 Å². The minimum absolute atomic E-state index is 0.00708. The number of hydrogen-bond donors (Lipinski definition) is 1. The summed E-state index contributed by atoms with van der Waals surface area (Å²) in [5.74, 6) is -0.557. The molecule has 0 saturated carbocycles. The lowest BCUT2D eigenvalue weighted by atomic mass is 10.2. The van der Waals surface area contributed by atoms with Crippen LogP contribution in [0, 0.1) is 0 Å². The number of benzene rings is 1. The normalized spacial score (nSPS) is 14.9. The van der Waals surface area contributed by atoms with E-state index in [4.69, 9.17) is 9.47 Å². The first kappa shape index (κ1) is 22.4. The number of carbonyl (C=O) groups excluding carboxylic acids is 2. The van der Waals surface area contributed by atoms with E-state index in [1.807, 2.05) is 5.38 Å². The maximum Gasteiger partial charge on any atom is 0.306 e. The van der Waals surface area contributed by atoms with Crippen molar-refractivity contribution in [2.24, 2.45) is 0 Å². The molecular formula is C20H24N2O6S2. The molecule has 8 nitrogen and oxygen atoms in total. The predicted octanol–water partition coefficient (Wildman–Crippen LogP) is 2.02. The predicted molar refractivity (Wildman–Crippen MR) is 112 cm³/mol. The summed E-state index contributed by atoms with van der Waals surface area (Å²) < 4.78 is 37.3. The van der Waals surface area contributed by atoms with Gasteiger partial charge in [0.25, 0.3) is 5.91 Å². The molecule has 3 rings (SSSR count). The molecule has 2 aromatic rings. The molecule has 1 aromatic heterocycles. The first-order valence-electron chi connectivity index (χ1n) is 9.61. The van der Waals surface area contributed by atoms with Gasteiger partial charge in [-0.05, 0) is 35.6 Å². The molecule has 2 heterocycles. The second kappa shape index (κ2) is 10.7. The maximum atomic E-state index is 12.7. The highest BCUT2D eigenvalue weighted by Gasteiger charge is 2.26. The van der Waals surface area contributed by atoms with Gasteiger partial charge in [0.15, 0.2) is 0 Å². The summed E-state index contributed by atoms with van der Waals surface area (Å²) in [4.78, 5) is 24.6. The molecule has 162 valence electrons. The van der Waals surface area contributed by atoms with Crippen LogP contribution in [0.5, 0.6) is 0 Å². The Morgan fingerprint density at radius 2 is 1.97 bits per heavy atom.